The summed E-state index contributed by atoms with van der Waals surface area (Å²) in [5, 5.41) is 20.4. The molecule has 0 atom stereocenters. The van der Waals surface area contributed by atoms with Crippen molar-refractivity contribution in [3.8, 4) is 17.2 Å². The van der Waals surface area contributed by atoms with Crippen molar-refractivity contribution in [3.63, 3.8) is 0 Å². The van der Waals surface area contributed by atoms with E-state index >= 15 is 0 Å². The first-order valence-electron chi connectivity index (χ1n) is 9.95. The van der Waals surface area contributed by atoms with Crippen LogP contribution in [0.3, 0.4) is 0 Å². The van der Waals surface area contributed by atoms with Gasteiger partial charge in [-0.05, 0) is 46.9 Å². The zero-order valence-corrected chi connectivity index (χ0v) is 19.7. The van der Waals surface area contributed by atoms with Crippen molar-refractivity contribution in [1.82, 2.24) is 0 Å². The van der Waals surface area contributed by atoms with Gasteiger partial charge in [0.25, 0.3) is 0 Å². The van der Waals surface area contributed by atoms with E-state index in [0.717, 1.165) is 21.2 Å². The normalized spacial score (nSPS) is 11.0. The summed E-state index contributed by atoms with van der Waals surface area (Å²) >= 11 is 10.1. The zero-order chi connectivity index (χ0) is 22.5. The number of ether oxygens (including phenoxy) is 1. The standard InChI is InChI=1S/C25H24BrClO4/c1-15(2)20-9-16(7-8-25(20)30)10-21-22(26)12-19(13-23(21)27)31-14-18(28)11-17-5-3-4-6-24(17)29/h3-9,12-13,15,29-30H,10-11,14H2,1-2H3. The van der Waals surface area contributed by atoms with Crippen LogP contribution in [0.4, 0.5) is 0 Å². The van der Waals surface area contributed by atoms with E-state index in [4.69, 9.17) is 16.3 Å². The lowest BCUT2D eigenvalue weighted by atomic mass is 9.96. The third-order valence-corrected chi connectivity index (χ3v) is 6.03. The molecule has 0 unspecified atom stereocenters. The van der Waals surface area contributed by atoms with Crippen LogP contribution in [0.2, 0.25) is 5.02 Å². The van der Waals surface area contributed by atoms with Gasteiger partial charge in [0, 0.05) is 27.9 Å². The van der Waals surface area contributed by atoms with Gasteiger partial charge < -0.3 is 14.9 Å². The zero-order valence-electron chi connectivity index (χ0n) is 17.4. The number of halogens is 2. The molecule has 0 bridgehead atoms. The van der Waals surface area contributed by atoms with Crippen LogP contribution in [0, 0.1) is 0 Å². The summed E-state index contributed by atoms with van der Waals surface area (Å²) in [4.78, 5) is 12.2. The van der Waals surface area contributed by atoms with E-state index in [1.165, 1.54) is 0 Å². The van der Waals surface area contributed by atoms with Gasteiger partial charge >= 0.3 is 0 Å². The Morgan fingerprint density at radius 1 is 1.06 bits per heavy atom. The first-order valence-corrected chi connectivity index (χ1v) is 11.1. The summed E-state index contributed by atoms with van der Waals surface area (Å²) in [5.41, 5.74) is 3.40. The van der Waals surface area contributed by atoms with Crippen molar-refractivity contribution in [1.29, 1.82) is 0 Å². The van der Waals surface area contributed by atoms with E-state index in [0.29, 0.717) is 28.5 Å². The molecule has 0 radical (unpaired) electrons. The fourth-order valence-corrected chi connectivity index (χ4v) is 4.27. The van der Waals surface area contributed by atoms with Crippen LogP contribution in [0.1, 0.15) is 42.0 Å². The van der Waals surface area contributed by atoms with Crippen LogP contribution < -0.4 is 4.74 Å². The molecule has 3 rings (SSSR count). The Balaban J connectivity index is 1.68. The summed E-state index contributed by atoms with van der Waals surface area (Å²) in [6, 6.07) is 15.8. The summed E-state index contributed by atoms with van der Waals surface area (Å²) < 4.78 is 6.41. The van der Waals surface area contributed by atoms with Crippen LogP contribution in [-0.2, 0) is 17.6 Å². The minimum atomic E-state index is -0.150. The van der Waals surface area contributed by atoms with Crippen molar-refractivity contribution in [2.75, 3.05) is 6.61 Å². The van der Waals surface area contributed by atoms with Gasteiger partial charge in [-0.1, -0.05) is 71.7 Å². The van der Waals surface area contributed by atoms with Gasteiger partial charge in [-0.2, -0.15) is 0 Å². The summed E-state index contributed by atoms with van der Waals surface area (Å²) in [6.45, 7) is 3.95. The molecule has 3 aromatic rings. The SMILES string of the molecule is CC(C)c1cc(Cc2c(Cl)cc(OCC(=O)Cc3ccccc3O)cc2Br)ccc1O. The van der Waals surface area contributed by atoms with Gasteiger partial charge in [0.1, 0.15) is 23.9 Å². The van der Waals surface area contributed by atoms with Crippen LogP contribution in [0.15, 0.2) is 59.1 Å². The summed E-state index contributed by atoms with van der Waals surface area (Å²) in [6.07, 6.45) is 0.685. The molecule has 31 heavy (non-hydrogen) atoms. The molecule has 0 heterocycles. The Bertz CT molecular complexity index is 1070. The molecule has 0 amide bonds. The molecule has 162 valence electrons. The van der Waals surface area contributed by atoms with Crippen LogP contribution in [0.5, 0.6) is 17.2 Å². The van der Waals surface area contributed by atoms with Gasteiger partial charge in [0.2, 0.25) is 0 Å². The Hall–Kier alpha value is -2.50. The van der Waals surface area contributed by atoms with Crippen LogP contribution >= 0.6 is 27.5 Å². The van der Waals surface area contributed by atoms with E-state index < -0.39 is 0 Å². The highest BCUT2D eigenvalue weighted by Crippen LogP contribution is 2.34. The lowest BCUT2D eigenvalue weighted by Gasteiger charge is -2.14. The van der Waals surface area contributed by atoms with Crippen LogP contribution in [-0.4, -0.2) is 22.6 Å². The number of Topliss-reactive ketones (excluding diaryl/α,β-unsaturated/α-hetero) is 1. The third kappa shape index (κ3) is 6.02. The highest BCUT2D eigenvalue weighted by molar-refractivity contribution is 9.10. The number of carbonyl (C=O) groups excluding carboxylic acids is 1. The molecule has 0 saturated heterocycles. The first kappa shape index (κ1) is 23.2. The number of hydrogen-bond acceptors (Lipinski definition) is 4. The lowest BCUT2D eigenvalue weighted by molar-refractivity contribution is -0.120. The summed E-state index contributed by atoms with van der Waals surface area (Å²) in [5.74, 6) is 0.940. The van der Waals surface area contributed by atoms with E-state index in [1.54, 1.807) is 42.5 Å². The monoisotopic (exact) mass is 502 g/mol. The Labute approximate surface area is 195 Å². The van der Waals surface area contributed by atoms with Gasteiger partial charge in [-0.25, -0.2) is 0 Å². The molecule has 0 aliphatic rings. The minimum absolute atomic E-state index is 0.0959. The quantitative estimate of drug-likeness (QED) is 0.372. The van der Waals surface area contributed by atoms with Gasteiger partial charge in [-0.15, -0.1) is 0 Å². The Morgan fingerprint density at radius 2 is 1.81 bits per heavy atom. The fourth-order valence-electron chi connectivity index (χ4n) is 3.30. The number of para-hydroxylation sites is 1. The largest absolute Gasteiger partial charge is 0.508 e. The number of ketones is 1. The molecule has 0 aliphatic heterocycles. The van der Waals surface area contributed by atoms with E-state index in [9.17, 15) is 15.0 Å². The topological polar surface area (TPSA) is 66.8 Å². The highest BCUT2D eigenvalue weighted by Gasteiger charge is 2.14. The average Bonchev–Trinajstić information content (AvgIpc) is 2.72. The van der Waals surface area contributed by atoms with Crippen molar-refractivity contribution >= 4 is 33.3 Å². The maximum atomic E-state index is 12.2. The highest BCUT2D eigenvalue weighted by atomic mass is 79.9. The number of benzene rings is 3. The van der Waals surface area contributed by atoms with E-state index in [2.05, 4.69) is 15.9 Å². The molecule has 0 aromatic heterocycles. The molecule has 0 aliphatic carbocycles. The lowest BCUT2D eigenvalue weighted by Crippen LogP contribution is -2.14. The van der Waals surface area contributed by atoms with Crippen molar-refractivity contribution < 1.29 is 19.7 Å². The number of phenols is 2. The molecule has 0 fully saturated rings. The van der Waals surface area contributed by atoms with Crippen LogP contribution in [0.25, 0.3) is 0 Å². The van der Waals surface area contributed by atoms with Gasteiger partial charge in [0.05, 0.1) is 0 Å². The number of rotatable bonds is 8. The molecule has 6 heteroatoms. The predicted molar refractivity (Wildman–Crippen MR) is 126 cm³/mol. The Morgan fingerprint density at radius 3 is 2.48 bits per heavy atom. The van der Waals surface area contributed by atoms with E-state index in [1.807, 2.05) is 26.0 Å². The fraction of sp³-hybridized carbons (Fsp3) is 0.240. The maximum Gasteiger partial charge on any atom is 0.174 e. The molecular weight excluding hydrogens is 480 g/mol. The molecule has 0 spiro atoms. The number of hydrogen-bond donors (Lipinski definition) is 2. The van der Waals surface area contributed by atoms with Crippen molar-refractivity contribution in [3.05, 3.63) is 86.3 Å². The molecule has 4 nitrogen and oxygen atoms in total. The molecule has 3 aromatic carbocycles. The second kappa shape index (κ2) is 10.2. The predicted octanol–water partition coefficient (Wildman–Crippen LogP) is 6.42. The van der Waals surface area contributed by atoms with Gasteiger partial charge in [0.15, 0.2) is 5.78 Å². The first-order chi connectivity index (χ1) is 14.7. The average molecular weight is 504 g/mol. The maximum absolute atomic E-state index is 12.2. The Kier molecular flexibility index (Phi) is 7.63. The third-order valence-electron chi connectivity index (χ3n) is 4.99. The summed E-state index contributed by atoms with van der Waals surface area (Å²) in [7, 11) is 0. The molecule has 0 saturated carbocycles. The number of aromatic hydroxyl groups is 2. The van der Waals surface area contributed by atoms with Crippen molar-refractivity contribution in [2.45, 2.75) is 32.6 Å². The van der Waals surface area contributed by atoms with Crippen molar-refractivity contribution in [2.24, 2.45) is 0 Å². The van der Waals surface area contributed by atoms with Gasteiger partial charge in [-0.3, -0.25) is 4.79 Å². The number of phenolic OH excluding ortho intramolecular Hbond substituents is 2. The smallest absolute Gasteiger partial charge is 0.174 e. The minimum Gasteiger partial charge on any atom is -0.508 e. The second-order valence-corrected chi connectivity index (χ2v) is 8.98. The number of carbonyl (C=O) groups is 1. The second-order valence-electron chi connectivity index (χ2n) is 7.72. The van der Waals surface area contributed by atoms with E-state index in [-0.39, 0.29) is 30.5 Å². The molecular formula is C25H24BrClO4. The molecule has 2 N–H and O–H groups in total.